The third-order valence-electron chi connectivity index (χ3n) is 5.06. The van der Waals surface area contributed by atoms with Crippen molar-refractivity contribution in [3.05, 3.63) is 28.8 Å². The summed E-state index contributed by atoms with van der Waals surface area (Å²) < 4.78 is 5.47. The van der Waals surface area contributed by atoms with Gasteiger partial charge in [0.25, 0.3) is 0 Å². The summed E-state index contributed by atoms with van der Waals surface area (Å²) in [5.74, 6) is 0.0655. The van der Waals surface area contributed by atoms with Gasteiger partial charge in [-0.3, -0.25) is 9.59 Å². The average Bonchev–Trinajstić information content (AvgIpc) is 2.72. The summed E-state index contributed by atoms with van der Waals surface area (Å²) in [5, 5.41) is 15.0. The van der Waals surface area contributed by atoms with Gasteiger partial charge in [0.2, 0.25) is 11.8 Å². The highest BCUT2D eigenvalue weighted by atomic mass is 35.5. The summed E-state index contributed by atoms with van der Waals surface area (Å²) in [6, 6.07) is 6.83. The number of nitriles is 1. The number of benzene rings is 1. The third kappa shape index (κ3) is 8.31. The molecular weight excluding hydrogens is 404 g/mol. The van der Waals surface area contributed by atoms with Gasteiger partial charge in [0.1, 0.15) is 6.07 Å². The first kappa shape index (κ1) is 24.1. The molecule has 2 N–H and O–H groups in total. The van der Waals surface area contributed by atoms with E-state index < -0.39 is 0 Å². The number of ether oxygens (including phenoxy) is 1. The largest absolute Gasteiger partial charge is 0.379 e. The van der Waals surface area contributed by atoms with Crippen molar-refractivity contribution in [1.82, 2.24) is 10.2 Å². The van der Waals surface area contributed by atoms with Crippen LogP contribution in [0.1, 0.15) is 45.1 Å². The molecule has 0 saturated carbocycles. The molecule has 0 unspecified atom stereocenters. The summed E-state index contributed by atoms with van der Waals surface area (Å²) in [6.07, 6.45) is 3.02. The molecule has 0 aliphatic carbocycles. The van der Waals surface area contributed by atoms with Gasteiger partial charge in [-0.05, 0) is 64.4 Å². The van der Waals surface area contributed by atoms with E-state index in [2.05, 4.69) is 15.5 Å². The predicted octanol–water partition coefficient (Wildman–Crippen LogP) is 3.18. The SMILES string of the molecule is CC(C)OCCCNC(=O)C1CCN(CCC(=O)Nc2ccc(C#N)c(Cl)c2)CC1. The molecule has 1 fully saturated rings. The number of amides is 2. The highest BCUT2D eigenvalue weighted by Crippen LogP contribution is 2.21. The maximum absolute atomic E-state index is 12.3. The van der Waals surface area contributed by atoms with E-state index in [4.69, 9.17) is 21.6 Å². The number of hydrogen-bond acceptors (Lipinski definition) is 5. The van der Waals surface area contributed by atoms with Crippen molar-refractivity contribution in [1.29, 1.82) is 5.26 Å². The van der Waals surface area contributed by atoms with Crippen molar-refractivity contribution in [3.8, 4) is 6.07 Å². The van der Waals surface area contributed by atoms with E-state index in [0.29, 0.717) is 42.4 Å². The van der Waals surface area contributed by atoms with Gasteiger partial charge in [0, 0.05) is 37.7 Å². The Kier molecular flexibility index (Phi) is 10.1. The minimum Gasteiger partial charge on any atom is -0.379 e. The Hall–Kier alpha value is -2.14. The van der Waals surface area contributed by atoms with Crippen LogP contribution in [0.3, 0.4) is 0 Å². The second-order valence-electron chi connectivity index (χ2n) is 7.78. The number of hydrogen-bond donors (Lipinski definition) is 2. The molecule has 0 radical (unpaired) electrons. The van der Waals surface area contributed by atoms with Crippen molar-refractivity contribution in [2.24, 2.45) is 5.92 Å². The van der Waals surface area contributed by atoms with Crippen molar-refractivity contribution in [3.63, 3.8) is 0 Å². The van der Waals surface area contributed by atoms with E-state index in [1.54, 1.807) is 18.2 Å². The molecule has 1 saturated heterocycles. The highest BCUT2D eigenvalue weighted by molar-refractivity contribution is 6.32. The molecule has 1 aliphatic rings. The minimum atomic E-state index is -0.0979. The van der Waals surface area contributed by atoms with Gasteiger partial charge in [0.15, 0.2) is 0 Å². The van der Waals surface area contributed by atoms with Crippen LogP contribution in [0.15, 0.2) is 18.2 Å². The molecule has 0 atom stereocenters. The zero-order valence-electron chi connectivity index (χ0n) is 17.7. The number of likely N-dealkylation sites (tertiary alicyclic amines) is 1. The number of carbonyl (C=O) groups excluding carboxylic acids is 2. The van der Waals surface area contributed by atoms with Gasteiger partial charge in [-0.25, -0.2) is 0 Å². The third-order valence-corrected chi connectivity index (χ3v) is 5.37. The Bertz CT molecular complexity index is 755. The van der Waals surface area contributed by atoms with E-state index >= 15 is 0 Å². The normalized spacial score (nSPS) is 15.0. The van der Waals surface area contributed by atoms with E-state index in [-0.39, 0.29) is 23.8 Å². The number of nitrogens with one attached hydrogen (secondary N) is 2. The van der Waals surface area contributed by atoms with Crippen molar-refractivity contribution < 1.29 is 14.3 Å². The molecule has 2 amide bonds. The first-order valence-electron chi connectivity index (χ1n) is 10.5. The van der Waals surface area contributed by atoms with Gasteiger partial charge < -0.3 is 20.3 Å². The van der Waals surface area contributed by atoms with E-state index in [0.717, 1.165) is 32.4 Å². The summed E-state index contributed by atoms with van der Waals surface area (Å²) in [4.78, 5) is 26.7. The second kappa shape index (κ2) is 12.5. The first-order chi connectivity index (χ1) is 14.4. The van der Waals surface area contributed by atoms with Gasteiger partial charge in [-0.15, -0.1) is 0 Å². The Labute approximate surface area is 183 Å². The first-order valence-corrected chi connectivity index (χ1v) is 10.9. The van der Waals surface area contributed by atoms with Crippen LogP contribution in [-0.4, -0.2) is 55.6 Å². The lowest BCUT2D eigenvalue weighted by Crippen LogP contribution is -2.41. The molecular formula is C22H31ClN4O3. The molecule has 0 spiro atoms. The van der Waals surface area contributed by atoms with Crippen molar-refractivity contribution >= 4 is 29.1 Å². The molecule has 1 heterocycles. The standard InChI is InChI=1S/C22H31ClN4O3/c1-16(2)30-13-3-9-25-22(29)17-6-10-27(11-7-17)12-8-21(28)26-19-5-4-18(15-24)20(23)14-19/h4-5,14,16-17H,3,6-13H2,1-2H3,(H,25,29)(H,26,28). The van der Waals surface area contributed by atoms with Crippen molar-refractivity contribution in [2.45, 2.75) is 45.6 Å². The van der Waals surface area contributed by atoms with Crippen LogP contribution in [-0.2, 0) is 14.3 Å². The number of piperidine rings is 1. The number of halogens is 1. The van der Waals surface area contributed by atoms with Gasteiger partial charge in [-0.2, -0.15) is 5.26 Å². The van der Waals surface area contributed by atoms with Crippen LogP contribution in [0.5, 0.6) is 0 Å². The number of nitrogens with zero attached hydrogens (tertiary/aromatic N) is 2. The molecule has 0 bridgehead atoms. The van der Waals surface area contributed by atoms with E-state index in [9.17, 15) is 9.59 Å². The summed E-state index contributed by atoms with van der Waals surface area (Å²) in [7, 11) is 0. The maximum atomic E-state index is 12.3. The molecule has 2 rings (SSSR count). The Morgan fingerprint density at radius 2 is 2.07 bits per heavy atom. The Morgan fingerprint density at radius 3 is 2.70 bits per heavy atom. The molecule has 8 heteroatoms. The van der Waals surface area contributed by atoms with Gasteiger partial charge in [-0.1, -0.05) is 11.6 Å². The van der Waals surface area contributed by atoms with E-state index in [1.807, 2.05) is 19.9 Å². The molecule has 1 aliphatic heterocycles. The fourth-order valence-electron chi connectivity index (χ4n) is 3.33. The predicted molar refractivity (Wildman–Crippen MR) is 117 cm³/mol. The van der Waals surface area contributed by atoms with Crippen LogP contribution in [0.25, 0.3) is 0 Å². The monoisotopic (exact) mass is 434 g/mol. The van der Waals surface area contributed by atoms with Crippen LogP contribution in [0.2, 0.25) is 5.02 Å². The fraction of sp³-hybridized carbons (Fsp3) is 0.591. The quantitative estimate of drug-likeness (QED) is 0.551. The average molecular weight is 435 g/mol. The molecule has 164 valence electrons. The molecule has 7 nitrogen and oxygen atoms in total. The molecule has 1 aromatic rings. The van der Waals surface area contributed by atoms with Crippen LogP contribution in [0, 0.1) is 17.2 Å². The zero-order chi connectivity index (χ0) is 21.9. The molecule has 30 heavy (non-hydrogen) atoms. The summed E-state index contributed by atoms with van der Waals surface area (Å²) >= 11 is 5.99. The number of rotatable bonds is 10. The smallest absolute Gasteiger partial charge is 0.225 e. The number of carbonyl (C=O) groups is 2. The van der Waals surface area contributed by atoms with Gasteiger partial charge >= 0.3 is 0 Å². The Morgan fingerprint density at radius 1 is 1.33 bits per heavy atom. The second-order valence-corrected chi connectivity index (χ2v) is 8.19. The van der Waals surface area contributed by atoms with Crippen LogP contribution < -0.4 is 10.6 Å². The lowest BCUT2D eigenvalue weighted by molar-refractivity contribution is -0.126. The lowest BCUT2D eigenvalue weighted by atomic mass is 9.96. The molecule has 1 aromatic carbocycles. The lowest BCUT2D eigenvalue weighted by Gasteiger charge is -2.31. The summed E-state index contributed by atoms with van der Waals surface area (Å²) in [6.45, 7) is 7.57. The van der Waals surface area contributed by atoms with Crippen LogP contribution in [0.4, 0.5) is 5.69 Å². The van der Waals surface area contributed by atoms with E-state index in [1.165, 1.54) is 0 Å². The minimum absolute atomic E-state index is 0.0434. The fourth-order valence-corrected chi connectivity index (χ4v) is 3.56. The zero-order valence-corrected chi connectivity index (χ0v) is 18.5. The van der Waals surface area contributed by atoms with Gasteiger partial charge in [0.05, 0.1) is 16.7 Å². The summed E-state index contributed by atoms with van der Waals surface area (Å²) in [5.41, 5.74) is 0.962. The number of anilines is 1. The maximum Gasteiger partial charge on any atom is 0.225 e. The topological polar surface area (TPSA) is 94.5 Å². The Balaban J connectivity index is 1.62. The van der Waals surface area contributed by atoms with Crippen molar-refractivity contribution in [2.75, 3.05) is 38.1 Å². The molecule has 0 aromatic heterocycles. The van der Waals surface area contributed by atoms with Crippen LogP contribution >= 0.6 is 11.6 Å². The highest BCUT2D eigenvalue weighted by Gasteiger charge is 2.24.